The Balaban J connectivity index is 1.76. The summed E-state index contributed by atoms with van der Waals surface area (Å²) in [5, 5.41) is 5.93. The molecule has 0 aliphatic rings. The minimum Gasteiger partial charge on any atom is -0.494 e. The summed E-state index contributed by atoms with van der Waals surface area (Å²) < 4.78 is 19.4. The smallest absolute Gasteiger partial charge is 0.229 e. The van der Waals surface area contributed by atoms with Crippen LogP contribution in [0.1, 0.15) is 6.92 Å². The highest BCUT2D eigenvalue weighted by molar-refractivity contribution is 5.63. The molecule has 0 atom stereocenters. The molecule has 0 amide bonds. The van der Waals surface area contributed by atoms with Crippen LogP contribution >= 0.6 is 0 Å². The lowest BCUT2D eigenvalue weighted by atomic mass is 10.3. The molecule has 0 saturated heterocycles. The highest BCUT2D eigenvalue weighted by Crippen LogP contribution is 2.22. The van der Waals surface area contributed by atoms with E-state index in [1.807, 2.05) is 31.2 Å². The minimum atomic E-state index is -0.556. The molecule has 0 aliphatic carbocycles. The van der Waals surface area contributed by atoms with Gasteiger partial charge in [0.15, 0.2) is 11.6 Å². The van der Waals surface area contributed by atoms with E-state index in [9.17, 15) is 4.39 Å². The van der Waals surface area contributed by atoms with Crippen molar-refractivity contribution < 1.29 is 9.13 Å². The molecule has 0 unspecified atom stereocenters. The molecule has 0 spiro atoms. The largest absolute Gasteiger partial charge is 0.494 e. The van der Waals surface area contributed by atoms with Crippen molar-refractivity contribution in [2.45, 2.75) is 6.92 Å². The second kappa shape index (κ2) is 7.48. The van der Waals surface area contributed by atoms with Gasteiger partial charge in [0.05, 0.1) is 12.8 Å². The maximum Gasteiger partial charge on any atom is 0.229 e. The Morgan fingerprint density at radius 3 is 2.60 bits per heavy atom. The molecule has 1 heterocycles. The molecule has 128 valence electrons. The van der Waals surface area contributed by atoms with Gasteiger partial charge in [0.25, 0.3) is 0 Å². The minimum absolute atomic E-state index is 0.0639. The monoisotopic (exact) mass is 339 g/mol. The van der Waals surface area contributed by atoms with Crippen LogP contribution in [-0.4, -0.2) is 16.6 Å². The first-order valence-electron chi connectivity index (χ1n) is 7.79. The number of benzene rings is 2. The SMILES string of the molecule is CCOc1ccc(Nc2ncc(F)c(Nc3cccc(N)c3)n2)cc1. The van der Waals surface area contributed by atoms with Gasteiger partial charge in [0.2, 0.25) is 5.95 Å². The Kier molecular flexibility index (Phi) is 4.94. The van der Waals surface area contributed by atoms with Crippen LogP contribution in [0, 0.1) is 5.82 Å². The summed E-state index contributed by atoms with van der Waals surface area (Å²) in [5.41, 5.74) is 7.71. The molecule has 0 aliphatic heterocycles. The van der Waals surface area contributed by atoms with Gasteiger partial charge < -0.3 is 21.1 Å². The number of aromatic nitrogens is 2. The second-order valence-corrected chi connectivity index (χ2v) is 5.22. The number of rotatable bonds is 6. The summed E-state index contributed by atoms with van der Waals surface area (Å²) in [6, 6.07) is 14.3. The number of nitrogens with two attached hydrogens (primary N) is 1. The Labute approximate surface area is 144 Å². The van der Waals surface area contributed by atoms with Crippen LogP contribution < -0.4 is 21.1 Å². The third kappa shape index (κ3) is 4.35. The van der Waals surface area contributed by atoms with E-state index in [-0.39, 0.29) is 11.8 Å². The maximum absolute atomic E-state index is 14.0. The molecule has 3 rings (SSSR count). The van der Waals surface area contributed by atoms with Gasteiger partial charge in [-0.1, -0.05) is 6.07 Å². The fraction of sp³-hybridized carbons (Fsp3) is 0.111. The molecule has 3 aromatic rings. The summed E-state index contributed by atoms with van der Waals surface area (Å²) in [5.74, 6) is 0.558. The topological polar surface area (TPSA) is 85.1 Å². The van der Waals surface area contributed by atoms with E-state index in [0.29, 0.717) is 18.0 Å². The van der Waals surface area contributed by atoms with E-state index in [2.05, 4.69) is 20.6 Å². The fourth-order valence-corrected chi connectivity index (χ4v) is 2.20. The lowest BCUT2D eigenvalue weighted by molar-refractivity contribution is 0.340. The maximum atomic E-state index is 14.0. The van der Waals surface area contributed by atoms with E-state index in [1.54, 1.807) is 24.3 Å². The molecule has 2 aromatic carbocycles. The van der Waals surface area contributed by atoms with Gasteiger partial charge in [0, 0.05) is 17.1 Å². The predicted molar refractivity (Wildman–Crippen MR) is 97.0 cm³/mol. The number of halogens is 1. The Hall–Kier alpha value is -3.35. The summed E-state index contributed by atoms with van der Waals surface area (Å²) in [6.45, 7) is 2.53. The van der Waals surface area contributed by atoms with Gasteiger partial charge in [0.1, 0.15) is 5.75 Å². The lowest BCUT2D eigenvalue weighted by Crippen LogP contribution is -2.03. The zero-order valence-electron chi connectivity index (χ0n) is 13.7. The van der Waals surface area contributed by atoms with Crippen LogP contribution in [0.3, 0.4) is 0 Å². The van der Waals surface area contributed by atoms with Crippen LogP contribution in [0.4, 0.5) is 33.2 Å². The van der Waals surface area contributed by atoms with Crippen LogP contribution in [0.25, 0.3) is 0 Å². The van der Waals surface area contributed by atoms with Crippen LogP contribution in [0.15, 0.2) is 54.7 Å². The molecule has 0 fully saturated rings. The van der Waals surface area contributed by atoms with Gasteiger partial charge in [-0.05, 0) is 49.4 Å². The Morgan fingerprint density at radius 1 is 1.08 bits per heavy atom. The number of hydrogen-bond acceptors (Lipinski definition) is 6. The number of ether oxygens (including phenoxy) is 1. The van der Waals surface area contributed by atoms with E-state index in [0.717, 1.165) is 17.6 Å². The molecule has 25 heavy (non-hydrogen) atoms. The van der Waals surface area contributed by atoms with Crippen molar-refractivity contribution in [2.24, 2.45) is 0 Å². The average molecular weight is 339 g/mol. The van der Waals surface area contributed by atoms with Crippen LogP contribution in [0.5, 0.6) is 5.75 Å². The van der Waals surface area contributed by atoms with Crippen LogP contribution in [0.2, 0.25) is 0 Å². The lowest BCUT2D eigenvalue weighted by Gasteiger charge is -2.10. The zero-order valence-corrected chi connectivity index (χ0v) is 13.7. The first kappa shape index (κ1) is 16.5. The standard InChI is InChI=1S/C18H18FN5O/c1-2-25-15-8-6-13(7-9-15)23-18-21-11-16(19)17(24-18)22-14-5-3-4-12(20)10-14/h3-11H,2,20H2,1H3,(H2,21,22,23,24). The van der Waals surface area contributed by atoms with Gasteiger partial charge in [-0.15, -0.1) is 0 Å². The average Bonchev–Trinajstić information content (AvgIpc) is 2.60. The van der Waals surface area contributed by atoms with Crippen molar-refractivity contribution in [1.82, 2.24) is 9.97 Å². The molecular formula is C18H18FN5O. The Bertz CT molecular complexity index is 854. The zero-order chi connectivity index (χ0) is 17.6. The highest BCUT2D eigenvalue weighted by atomic mass is 19.1. The summed E-state index contributed by atoms with van der Waals surface area (Å²) >= 11 is 0. The molecule has 7 heteroatoms. The third-order valence-electron chi connectivity index (χ3n) is 3.31. The molecule has 0 radical (unpaired) electrons. The number of nitrogens with one attached hydrogen (secondary N) is 2. The molecule has 0 saturated carbocycles. The van der Waals surface area contributed by atoms with Crippen molar-refractivity contribution in [3.63, 3.8) is 0 Å². The van der Waals surface area contributed by atoms with Crippen molar-refractivity contribution in [2.75, 3.05) is 23.0 Å². The molecule has 4 N–H and O–H groups in total. The van der Waals surface area contributed by atoms with Gasteiger partial charge >= 0.3 is 0 Å². The van der Waals surface area contributed by atoms with Gasteiger partial charge in [-0.2, -0.15) is 4.98 Å². The number of nitrogens with zero attached hydrogens (tertiary/aromatic N) is 2. The fourth-order valence-electron chi connectivity index (χ4n) is 2.20. The van der Waals surface area contributed by atoms with Crippen LogP contribution in [-0.2, 0) is 0 Å². The molecule has 1 aromatic heterocycles. The summed E-state index contributed by atoms with van der Waals surface area (Å²) in [7, 11) is 0. The van der Waals surface area contributed by atoms with Crippen molar-refractivity contribution in [3.8, 4) is 5.75 Å². The van der Waals surface area contributed by atoms with Crippen molar-refractivity contribution in [3.05, 3.63) is 60.5 Å². The van der Waals surface area contributed by atoms with E-state index in [1.165, 1.54) is 0 Å². The second-order valence-electron chi connectivity index (χ2n) is 5.22. The number of hydrogen-bond donors (Lipinski definition) is 3. The van der Waals surface area contributed by atoms with Crippen molar-refractivity contribution in [1.29, 1.82) is 0 Å². The number of nitrogen functional groups attached to an aromatic ring is 1. The highest BCUT2D eigenvalue weighted by Gasteiger charge is 2.08. The summed E-state index contributed by atoms with van der Waals surface area (Å²) in [4.78, 5) is 8.13. The normalized spacial score (nSPS) is 10.3. The Morgan fingerprint density at radius 2 is 1.88 bits per heavy atom. The number of anilines is 5. The van der Waals surface area contributed by atoms with E-state index < -0.39 is 5.82 Å². The third-order valence-corrected chi connectivity index (χ3v) is 3.31. The van der Waals surface area contributed by atoms with Crippen molar-refractivity contribution >= 4 is 28.8 Å². The predicted octanol–water partition coefficient (Wildman–Crippen LogP) is 4.08. The van der Waals surface area contributed by atoms with Gasteiger partial charge in [-0.3, -0.25) is 0 Å². The quantitative estimate of drug-likeness (QED) is 0.587. The molecule has 6 nitrogen and oxygen atoms in total. The van der Waals surface area contributed by atoms with Gasteiger partial charge in [-0.25, -0.2) is 9.37 Å². The first-order valence-corrected chi connectivity index (χ1v) is 7.79. The first-order chi connectivity index (χ1) is 12.1. The molecule has 0 bridgehead atoms. The molecular weight excluding hydrogens is 321 g/mol. The summed E-state index contributed by atoms with van der Waals surface area (Å²) in [6.07, 6.45) is 1.11. The van der Waals surface area contributed by atoms with E-state index in [4.69, 9.17) is 10.5 Å². The van der Waals surface area contributed by atoms with E-state index >= 15 is 0 Å².